The lowest BCUT2D eigenvalue weighted by atomic mass is 10.1. The molecule has 0 saturated heterocycles. The van der Waals surface area contributed by atoms with Crippen molar-refractivity contribution in [3.63, 3.8) is 0 Å². The number of carbonyl (C=O) groups is 1. The Morgan fingerprint density at radius 3 is 2.48 bits per heavy atom. The Bertz CT molecular complexity index is 1160. The van der Waals surface area contributed by atoms with Crippen molar-refractivity contribution in [3.8, 4) is 0 Å². The molecule has 2 aromatic carbocycles. The van der Waals surface area contributed by atoms with Gasteiger partial charge in [0.05, 0.1) is 15.3 Å². The molecule has 0 atom stereocenters. The SMILES string of the molecule is O=C(C=Cc1ccc2c(ccn2S(=O)(=O)c2ccc([N+](=O)[O-])cc2)c1)NO. The molecule has 1 heterocycles. The number of amides is 1. The number of nitrogens with one attached hydrogen (secondary N) is 1. The highest BCUT2D eigenvalue weighted by Gasteiger charge is 2.20. The molecule has 0 saturated carbocycles. The molecular weight excluding hydrogens is 374 g/mol. The van der Waals surface area contributed by atoms with E-state index >= 15 is 0 Å². The Hall–Kier alpha value is -3.50. The lowest BCUT2D eigenvalue weighted by molar-refractivity contribution is -0.384. The van der Waals surface area contributed by atoms with Crippen LogP contribution >= 0.6 is 0 Å². The number of hydrogen-bond acceptors (Lipinski definition) is 6. The van der Waals surface area contributed by atoms with E-state index in [9.17, 15) is 23.3 Å². The Balaban J connectivity index is 2.00. The van der Waals surface area contributed by atoms with Crippen molar-refractivity contribution >= 4 is 38.6 Å². The van der Waals surface area contributed by atoms with E-state index in [2.05, 4.69) is 0 Å². The summed E-state index contributed by atoms with van der Waals surface area (Å²) in [7, 11) is -3.93. The van der Waals surface area contributed by atoms with E-state index in [-0.39, 0.29) is 10.6 Å². The number of hydrogen-bond donors (Lipinski definition) is 2. The number of fused-ring (bicyclic) bond motifs is 1. The smallest absolute Gasteiger partial charge is 0.269 e. The van der Waals surface area contributed by atoms with Gasteiger partial charge >= 0.3 is 0 Å². The second-order valence-corrected chi connectivity index (χ2v) is 7.31. The second kappa shape index (κ2) is 7.02. The summed E-state index contributed by atoms with van der Waals surface area (Å²) in [5.74, 6) is -0.687. The van der Waals surface area contributed by atoms with E-state index in [1.165, 1.54) is 29.9 Å². The Labute approximate surface area is 153 Å². The molecule has 0 bridgehead atoms. The minimum atomic E-state index is -3.93. The van der Waals surface area contributed by atoms with Gasteiger partial charge in [0.25, 0.3) is 21.6 Å². The molecular formula is C17H13N3O6S. The fourth-order valence-electron chi connectivity index (χ4n) is 2.51. The highest BCUT2D eigenvalue weighted by Crippen LogP contribution is 2.25. The molecule has 3 aromatic rings. The van der Waals surface area contributed by atoms with E-state index < -0.39 is 20.9 Å². The first-order chi connectivity index (χ1) is 12.8. The van der Waals surface area contributed by atoms with Gasteiger partial charge in [0.2, 0.25) is 0 Å². The van der Waals surface area contributed by atoms with Gasteiger partial charge in [0, 0.05) is 29.8 Å². The number of carbonyl (C=O) groups excluding carboxylic acids is 1. The van der Waals surface area contributed by atoms with Crippen LogP contribution in [0.3, 0.4) is 0 Å². The number of non-ortho nitro benzene ring substituents is 1. The van der Waals surface area contributed by atoms with Gasteiger partial charge in [0.15, 0.2) is 0 Å². The third-order valence-electron chi connectivity index (χ3n) is 3.82. The summed E-state index contributed by atoms with van der Waals surface area (Å²) in [6.45, 7) is 0. The van der Waals surface area contributed by atoms with Gasteiger partial charge in [-0.05, 0) is 42.0 Å². The fourth-order valence-corrected chi connectivity index (χ4v) is 3.86. The van der Waals surface area contributed by atoms with Gasteiger partial charge in [-0.1, -0.05) is 6.07 Å². The average Bonchev–Trinajstić information content (AvgIpc) is 3.10. The van der Waals surface area contributed by atoms with Gasteiger partial charge in [-0.3, -0.25) is 20.1 Å². The van der Waals surface area contributed by atoms with Gasteiger partial charge in [-0.2, -0.15) is 0 Å². The molecule has 1 aromatic heterocycles. The monoisotopic (exact) mass is 387 g/mol. The first-order valence-electron chi connectivity index (χ1n) is 7.56. The third-order valence-corrected chi connectivity index (χ3v) is 5.52. The largest absolute Gasteiger partial charge is 0.288 e. The predicted octanol–water partition coefficient (Wildman–Crippen LogP) is 2.31. The quantitative estimate of drug-likeness (QED) is 0.299. The molecule has 0 radical (unpaired) electrons. The third kappa shape index (κ3) is 3.57. The van der Waals surface area contributed by atoms with Crippen molar-refractivity contribution in [3.05, 3.63) is 76.5 Å². The van der Waals surface area contributed by atoms with Crippen LogP contribution in [0.4, 0.5) is 5.69 Å². The molecule has 3 rings (SSSR count). The van der Waals surface area contributed by atoms with Gasteiger partial charge in [-0.15, -0.1) is 0 Å². The molecule has 0 aliphatic rings. The maximum Gasteiger partial charge on any atom is 0.269 e. The highest BCUT2D eigenvalue weighted by atomic mass is 32.2. The van der Waals surface area contributed by atoms with Crippen molar-refractivity contribution in [1.82, 2.24) is 9.45 Å². The maximum absolute atomic E-state index is 12.8. The van der Waals surface area contributed by atoms with Crippen molar-refractivity contribution in [2.45, 2.75) is 4.90 Å². The number of nitrogens with zero attached hydrogens (tertiary/aromatic N) is 2. The molecule has 0 unspecified atom stereocenters. The van der Waals surface area contributed by atoms with Crippen LogP contribution < -0.4 is 5.48 Å². The van der Waals surface area contributed by atoms with Crippen LogP contribution in [0.5, 0.6) is 0 Å². The molecule has 9 nitrogen and oxygen atoms in total. The van der Waals surface area contributed by atoms with Crippen molar-refractivity contribution in [1.29, 1.82) is 0 Å². The summed E-state index contributed by atoms with van der Waals surface area (Å²) in [4.78, 5) is 21.1. The number of hydroxylamine groups is 1. The van der Waals surface area contributed by atoms with Crippen LogP contribution in [0.15, 0.2) is 65.7 Å². The zero-order chi connectivity index (χ0) is 19.6. The summed E-state index contributed by atoms with van der Waals surface area (Å²) in [6, 6.07) is 11.1. The van der Waals surface area contributed by atoms with E-state index in [0.717, 1.165) is 22.2 Å². The van der Waals surface area contributed by atoms with Crippen LogP contribution in [0.2, 0.25) is 0 Å². The predicted molar refractivity (Wildman–Crippen MR) is 96.6 cm³/mol. The molecule has 138 valence electrons. The summed E-state index contributed by atoms with van der Waals surface area (Å²) >= 11 is 0. The van der Waals surface area contributed by atoms with Gasteiger partial charge in [0.1, 0.15) is 0 Å². The molecule has 2 N–H and O–H groups in total. The summed E-state index contributed by atoms with van der Waals surface area (Å²) < 4.78 is 26.7. The molecule has 27 heavy (non-hydrogen) atoms. The van der Waals surface area contributed by atoms with E-state index in [1.54, 1.807) is 24.3 Å². The van der Waals surface area contributed by atoms with Crippen LogP contribution in [-0.2, 0) is 14.8 Å². The van der Waals surface area contributed by atoms with Crippen LogP contribution in [-0.4, -0.2) is 28.4 Å². The zero-order valence-corrected chi connectivity index (χ0v) is 14.5. The highest BCUT2D eigenvalue weighted by molar-refractivity contribution is 7.90. The molecule has 1 amide bonds. The average molecular weight is 387 g/mol. The molecule has 0 fully saturated rings. The van der Waals surface area contributed by atoms with Gasteiger partial charge in [-0.25, -0.2) is 17.9 Å². The normalized spacial score (nSPS) is 11.7. The lowest BCUT2D eigenvalue weighted by Crippen LogP contribution is -2.14. The number of rotatable bonds is 5. The first kappa shape index (κ1) is 18.3. The van der Waals surface area contributed by atoms with Crippen molar-refractivity contribution < 1.29 is 23.3 Å². The molecule has 10 heteroatoms. The van der Waals surface area contributed by atoms with E-state index in [1.807, 2.05) is 0 Å². The number of nitro groups is 1. The Morgan fingerprint density at radius 2 is 1.85 bits per heavy atom. The van der Waals surface area contributed by atoms with Crippen LogP contribution in [0.1, 0.15) is 5.56 Å². The molecule has 0 spiro atoms. The standard InChI is InChI=1S/C17H13N3O6S/c21-17(18-22)8-2-12-1-7-16-13(11-12)9-10-19(16)27(25,26)15-5-3-14(4-6-15)20(23)24/h1-11,22H,(H,18,21). The Kier molecular flexibility index (Phi) is 4.75. The maximum atomic E-state index is 12.8. The van der Waals surface area contributed by atoms with Crippen molar-refractivity contribution in [2.24, 2.45) is 0 Å². The lowest BCUT2D eigenvalue weighted by Gasteiger charge is -2.07. The van der Waals surface area contributed by atoms with Gasteiger partial charge < -0.3 is 0 Å². The topological polar surface area (TPSA) is 132 Å². The molecule has 0 aliphatic carbocycles. The first-order valence-corrected chi connectivity index (χ1v) is 9.00. The molecule has 0 aliphatic heterocycles. The minimum absolute atomic E-state index is 0.0748. The van der Waals surface area contributed by atoms with E-state index in [4.69, 9.17) is 5.21 Å². The zero-order valence-electron chi connectivity index (χ0n) is 13.6. The summed E-state index contributed by atoms with van der Waals surface area (Å²) in [6.07, 6.45) is 3.98. The second-order valence-electron chi connectivity index (χ2n) is 5.50. The van der Waals surface area contributed by atoms with Crippen molar-refractivity contribution in [2.75, 3.05) is 0 Å². The summed E-state index contributed by atoms with van der Waals surface area (Å²) in [5, 5.41) is 19.8. The van der Waals surface area contributed by atoms with Crippen LogP contribution in [0.25, 0.3) is 17.0 Å². The van der Waals surface area contributed by atoms with Crippen LogP contribution in [0, 0.1) is 10.1 Å². The number of benzene rings is 2. The minimum Gasteiger partial charge on any atom is -0.288 e. The summed E-state index contributed by atoms with van der Waals surface area (Å²) in [5.41, 5.74) is 2.32. The Morgan fingerprint density at radius 1 is 1.15 bits per heavy atom. The van der Waals surface area contributed by atoms with E-state index in [0.29, 0.717) is 16.5 Å². The number of nitro benzene ring substituents is 1. The fraction of sp³-hybridized carbons (Fsp3) is 0. The number of aromatic nitrogens is 1.